The van der Waals surface area contributed by atoms with Gasteiger partial charge in [-0.05, 0) is 4.92 Å². The first kappa shape index (κ1) is 13.7. The maximum Gasteiger partial charge on any atom is 0.344 e. The van der Waals surface area contributed by atoms with E-state index in [2.05, 4.69) is 14.7 Å². The minimum atomic E-state index is -1.26. The van der Waals surface area contributed by atoms with Gasteiger partial charge in [-0.3, -0.25) is 0 Å². The van der Waals surface area contributed by atoms with Gasteiger partial charge in [-0.15, -0.1) is 0 Å². The summed E-state index contributed by atoms with van der Waals surface area (Å²) in [4.78, 5) is 26.1. The van der Waals surface area contributed by atoms with Gasteiger partial charge in [0.05, 0.1) is 6.61 Å². The molecule has 0 aliphatic carbocycles. The lowest BCUT2D eigenvalue weighted by Crippen LogP contribution is -2.14. The van der Waals surface area contributed by atoms with Gasteiger partial charge in [0.25, 0.3) is 0 Å². The third-order valence-electron chi connectivity index (χ3n) is 1.82. The van der Waals surface area contributed by atoms with Crippen molar-refractivity contribution in [3.63, 3.8) is 0 Å². The molecule has 0 saturated carbocycles. The van der Waals surface area contributed by atoms with Crippen molar-refractivity contribution in [2.75, 3.05) is 6.61 Å². The van der Waals surface area contributed by atoms with E-state index in [0.717, 1.165) is 0 Å². The van der Waals surface area contributed by atoms with E-state index in [1.165, 1.54) is 0 Å². The Hall–Kier alpha value is -1.34. The number of H-pyrrole nitrogens is 1. The topological polar surface area (TPSA) is 98.1 Å². The number of carbonyl (C=O) groups excluding carboxylic acids is 1. The van der Waals surface area contributed by atoms with Gasteiger partial charge in [-0.1, -0.05) is 23.2 Å². The van der Waals surface area contributed by atoms with E-state index >= 15 is 0 Å². The van der Waals surface area contributed by atoms with Crippen LogP contribution in [0.1, 0.15) is 11.5 Å². The van der Waals surface area contributed by atoms with Crippen molar-refractivity contribution in [1.29, 1.82) is 0 Å². The molecule has 0 aromatic carbocycles. The number of aromatic nitrogens is 2. The summed E-state index contributed by atoms with van der Waals surface area (Å²) in [5, 5.41) is 10.6. The van der Waals surface area contributed by atoms with Crippen molar-refractivity contribution in [3.05, 3.63) is 21.6 Å². The van der Waals surface area contributed by atoms with Crippen LogP contribution in [0.15, 0.2) is 0 Å². The smallest absolute Gasteiger partial charge is 0.344 e. The Morgan fingerprint density at radius 1 is 1.65 bits per heavy atom. The van der Waals surface area contributed by atoms with E-state index in [-0.39, 0.29) is 24.5 Å². The number of aromatic amines is 1. The molecule has 0 fully saturated rings. The molecule has 1 heterocycles. The number of nitro groups is 1. The Kier molecular flexibility index (Phi) is 4.71. The van der Waals surface area contributed by atoms with E-state index in [0.29, 0.717) is 5.82 Å². The van der Waals surface area contributed by atoms with Crippen LogP contribution in [0.2, 0.25) is 0 Å². The Balaban J connectivity index is 2.57. The van der Waals surface area contributed by atoms with Crippen LogP contribution in [0, 0.1) is 17.0 Å². The summed E-state index contributed by atoms with van der Waals surface area (Å²) in [7, 11) is 0. The SMILES string of the molecule is Cc1nc(CCOC(=O)C(Cl)Cl)c([N+](=O)[O-])[nH]1. The number of hydrogen-bond acceptors (Lipinski definition) is 5. The number of imidazole rings is 1. The Morgan fingerprint density at radius 3 is 2.82 bits per heavy atom. The first-order valence-corrected chi connectivity index (χ1v) is 5.43. The monoisotopic (exact) mass is 281 g/mol. The molecular weight excluding hydrogens is 273 g/mol. The van der Waals surface area contributed by atoms with Gasteiger partial charge in [0.1, 0.15) is 5.69 Å². The van der Waals surface area contributed by atoms with E-state index in [1.807, 2.05) is 0 Å². The molecule has 1 rings (SSSR count). The van der Waals surface area contributed by atoms with Crippen molar-refractivity contribution in [2.45, 2.75) is 18.2 Å². The Labute approximate surface area is 106 Å². The molecule has 1 aromatic rings. The number of ether oxygens (including phenoxy) is 1. The zero-order valence-corrected chi connectivity index (χ0v) is 10.3. The average molecular weight is 282 g/mol. The molecular formula is C8H9Cl2N3O4. The highest BCUT2D eigenvalue weighted by Gasteiger charge is 2.19. The second-order valence-corrected chi connectivity index (χ2v) is 4.19. The molecule has 0 atom stereocenters. The molecule has 17 heavy (non-hydrogen) atoms. The van der Waals surface area contributed by atoms with Gasteiger partial charge in [0.15, 0.2) is 5.82 Å². The lowest BCUT2D eigenvalue weighted by atomic mass is 10.3. The molecule has 0 spiro atoms. The van der Waals surface area contributed by atoms with Crippen LogP contribution in [0.25, 0.3) is 0 Å². The minimum absolute atomic E-state index is 0.0695. The predicted molar refractivity (Wildman–Crippen MR) is 60.1 cm³/mol. The maximum atomic E-state index is 10.9. The summed E-state index contributed by atoms with van der Waals surface area (Å²) in [6, 6.07) is 0. The standard InChI is InChI=1S/C8H9Cl2N3O4/c1-4-11-5(7(12-4)13(15)16)2-3-17-8(14)6(9)10/h6H,2-3H2,1H3,(H,11,12). The number of esters is 1. The second kappa shape index (κ2) is 5.83. The summed E-state index contributed by atoms with van der Waals surface area (Å²) in [6.07, 6.45) is 0.118. The number of alkyl halides is 2. The quantitative estimate of drug-likeness (QED) is 0.382. The van der Waals surface area contributed by atoms with Crippen LogP contribution in [-0.4, -0.2) is 32.3 Å². The molecule has 0 unspecified atom stereocenters. The highest BCUT2D eigenvalue weighted by atomic mass is 35.5. The summed E-state index contributed by atoms with van der Waals surface area (Å²) in [5.41, 5.74) is 0.223. The van der Waals surface area contributed by atoms with Gasteiger partial charge in [-0.25, -0.2) is 14.8 Å². The van der Waals surface area contributed by atoms with Crippen LogP contribution < -0.4 is 0 Å². The van der Waals surface area contributed by atoms with Crippen LogP contribution >= 0.6 is 23.2 Å². The van der Waals surface area contributed by atoms with E-state index in [1.54, 1.807) is 6.92 Å². The Bertz CT molecular complexity index is 432. The molecule has 1 aromatic heterocycles. The fraction of sp³-hybridized carbons (Fsp3) is 0.500. The Morgan fingerprint density at radius 2 is 2.29 bits per heavy atom. The van der Waals surface area contributed by atoms with Crippen molar-refractivity contribution < 1.29 is 14.5 Å². The molecule has 0 aliphatic heterocycles. The molecule has 94 valence electrons. The molecule has 9 heteroatoms. The van der Waals surface area contributed by atoms with Crippen molar-refractivity contribution >= 4 is 35.0 Å². The molecule has 0 saturated heterocycles. The number of halogens is 2. The van der Waals surface area contributed by atoms with Crippen LogP contribution in [0.4, 0.5) is 5.82 Å². The van der Waals surface area contributed by atoms with Gasteiger partial charge in [-0.2, -0.15) is 0 Å². The molecule has 0 radical (unpaired) electrons. The lowest BCUT2D eigenvalue weighted by molar-refractivity contribution is -0.390. The summed E-state index contributed by atoms with van der Waals surface area (Å²) >= 11 is 10.5. The fourth-order valence-electron chi connectivity index (χ4n) is 1.16. The lowest BCUT2D eigenvalue weighted by Gasteiger charge is -2.03. The average Bonchev–Trinajstić information content (AvgIpc) is 2.59. The highest BCUT2D eigenvalue weighted by molar-refractivity contribution is 6.52. The summed E-state index contributed by atoms with van der Waals surface area (Å²) in [6.45, 7) is 1.52. The van der Waals surface area contributed by atoms with Crippen molar-refractivity contribution in [2.24, 2.45) is 0 Å². The van der Waals surface area contributed by atoms with E-state index < -0.39 is 15.7 Å². The van der Waals surface area contributed by atoms with Crippen molar-refractivity contribution in [1.82, 2.24) is 9.97 Å². The zero-order valence-electron chi connectivity index (χ0n) is 8.77. The summed E-state index contributed by atoms with van der Waals surface area (Å²) in [5.74, 6) is -0.569. The molecule has 1 N–H and O–H groups in total. The number of nitrogens with zero attached hydrogens (tertiary/aromatic N) is 2. The minimum Gasteiger partial charge on any atom is -0.463 e. The summed E-state index contributed by atoms with van der Waals surface area (Å²) < 4.78 is 4.67. The molecule has 7 nitrogen and oxygen atoms in total. The third kappa shape index (κ3) is 3.86. The second-order valence-electron chi connectivity index (χ2n) is 3.09. The molecule has 0 bridgehead atoms. The van der Waals surface area contributed by atoms with Gasteiger partial charge in [0.2, 0.25) is 4.84 Å². The van der Waals surface area contributed by atoms with Crippen LogP contribution in [0.3, 0.4) is 0 Å². The normalized spacial score (nSPS) is 10.6. The van der Waals surface area contributed by atoms with E-state index in [4.69, 9.17) is 23.2 Å². The first-order valence-electron chi connectivity index (χ1n) is 4.56. The zero-order chi connectivity index (χ0) is 13.0. The third-order valence-corrected chi connectivity index (χ3v) is 2.18. The number of carbonyl (C=O) groups is 1. The van der Waals surface area contributed by atoms with E-state index in [9.17, 15) is 14.9 Å². The number of rotatable bonds is 5. The largest absolute Gasteiger partial charge is 0.463 e. The van der Waals surface area contributed by atoms with Gasteiger partial charge < -0.3 is 14.9 Å². The molecule has 0 aliphatic rings. The van der Waals surface area contributed by atoms with Gasteiger partial charge in [0, 0.05) is 13.3 Å². The number of nitrogens with one attached hydrogen (secondary N) is 1. The van der Waals surface area contributed by atoms with Gasteiger partial charge >= 0.3 is 11.8 Å². The first-order chi connectivity index (χ1) is 7.91. The fourth-order valence-corrected chi connectivity index (χ4v) is 1.29. The predicted octanol–water partition coefficient (Wildman–Crippen LogP) is 1.52. The highest BCUT2D eigenvalue weighted by Crippen LogP contribution is 2.15. The van der Waals surface area contributed by atoms with Crippen LogP contribution in [-0.2, 0) is 16.0 Å². The maximum absolute atomic E-state index is 10.9. The molecule has 0 amide bonds. The number of hydrogen-bond donors (Lipinski definition) is 1. The van der Waals surface area contributed by atoms with Crippen LogP contribution in [0.5, 0.6) is 0 Å². The van der Waals surface area contributed by atoms with Crippen molar-refractivity contribution in [3.8, 4) is 0 Å². The number of aryl methyl sites for hydroxylation is 1.